The molecule has 5 heteroatoms. The van der Waals surface area contributed by atoms with Crippen molar-refractivity contribution in [1.29, 1.82) is 5.26 Å². The number of carbonyl (C=O) groups excluding carboxylic acids is 1. The molecule has 0 aliphatic heterocycles. The number of anilines is 1. The van der Waals surface area contributed by atoms with E-state index in [1.165, 1.54) is 0 Å². The van der Waals surface area contributed by atoms with Crippen LogP contribution in [-0.2, 0) is 4.79 Å². The van der Waals surface area contributed by atoms with Crippen LogP contribution >= 0.6 is 11.6 Å². The Labute approximate surface area is 134 Å². The molecule has 0 fully saturated rings. The molecule has 2 rings (SSSR count). The molecule has 2 aromatic carbocycles. The third kappa shape index (κ3) is 4.00. The van der Waals surface area contributed by atoms with Gasteiger partial charge in [0.1, 0.15) is 5.75 Å². The minimum Gasteiger partial charge on any atom is -0.481 e. The number of amides is 1. The Morgan fingerprint density at radius 1 is 1.27 bits per heavy atom. The van der Waals surface area contributed by atoms with Crippen molar-refractivity contribution < 1.29 is 9.53 Å². The second-order valence-electron chi connectivity index (χ2n) is 4.87. The summed E-state index contributed by atoms with van der Waals surface area (Å²) in [4.78, 5) is 12.1. The van der Waals surface area contributed by atoms with Gasteiger partial charge in [-0.2, -0.15) is 5.26 Å². The van der Waals surface area contributed by atoms with Crippen molar-refractivity contribution in [1.82, 2.24) is 0 Å². The van der Waals surface area contributed by atoms with Gasteiger partial charge in [-0.15, -0.1) is 0 Å². The van der Waals surface area contributed by atoms with Gasteiger partial charge in [0.05, 0.1) is 22.3 Å². The predicted molar refractivity (Wildman–Crippen MR) is 86.1 cm³/mol. The van der Waals surface area contributed by atoms with Gasteiger partial charge in [0.15, 0.2) is 6.10 Å². The first-order chi connectivity index (χ1) is 10.5. The van der Waals surface area contributed by atoms with Crippen molar-refractivity contribution in [3.63, 3.8) is 0 Å². The van der Waals surface area contributed by atoms with Crippen LogP contribution < -0.4 is 10.1 Å². The lowest BCUT2D eigenvalue weighted by atomic mass is 10.2. The first-order valence-electron chi connectivity index (χ1n) is 6.73. The molecule has 0 saturated carbocycles. The van der Waals surface area contributed by atoms with Crippen molar-refractivity contribution in [2.24, 2.45) is 0 Å². The molecule has 2 aromatic rings. The highest BCUT2D eigenvalue weighted by Crippen LogP contribution is 2.23. The van der Waals surface area contributed by atoms with Crippen molar-refractivity contribution in [2.75, 3.05) is 5.32 Å². The van der Waals surface area contributed by atoms with Crippen molar-refractivity contribution >= 4 is 23.2 Å². The summed E-state index contributed by atoms with van der Waals surface area (Å²) >= 11 is 6.09. The maximum atomic E-state index is 12.1. The number of halogens is 1. The van der Waals surface area contributed by atoms with Gasteiger partial charge in [-0.05, 0) is 55.8 Å². The summed E-state index contributed by atoms with van der Waals surface area (Å²) in [6.07, 6.45) is -0.690. The van der Waals surface area contributed by atoms with E-state index >= 15 is 0 Å². The van der Waals surface area contributed by atoms with Gasteiger partial charge in [-0.3, -0.25) is 4.79 Å². The van der Waals surface area contributed by atoms with Crippen molar-refractivity contribution in [3.05, 3.63) is 58.6 Å². The highest BCUT2D eigenvalue weighted by molar-refractivity contribution is 6.33. The molecule has 0 unspecified atom stereocenters. The molecule has 0 bridgehead atoms. The average Bonchev–Trinajstić information content (AvgIpc) is 2.50. The predicted octanol–water partition coefficient (Wildman–Crippen LogP) is 3.93. The van der Waals surface area contributed by atoms with Crippen LogP contribution in [0.3, 0.4) is 0 Å². The quantitative estimate of drug-likeness (QED) is 0.930. The van der Waals surface area contributed by atoms with Gasteiger partial charge in [-0.1, -0.05) is 17.7 Å². The first kappa shape index (κ1) is 15.9. The third-order valence-corrected chi connectivity index (χ3v) is 3.36. The van der Waals surface area contributed by atoms with Gasteiger partial charge in [-0.25, -0.2) is 0 Å². The summed E-state index contributed by atoms with van der Waals surface area (Å²) in [7, 11) is 0. The Hall–Kier alpha value is -2.51. The van der Waals surface area contributed by atoms with Gasteiger partial charge < -0.3 is 10.1 Å². The molecule has 0 aliphatic rings. The van der Waals surface area contributed by atoms with E-state index in [0.717, 1.165) is 5.56 Å². The summed E-state index contributed by atoms with van der Waals surface area (Å²) in [5.74, 6) is 0.228. The van der Waals surface area contributed by atoms with Crippen LogP contribution in [0.5, 0.6) is 5.75 Å². The minimum absolute atomic E-state index is 0.296. The van der Waals surface area contributed by atoms with Gasteiger partial charge in [0.2, 0.25) is 0 Å². The smallest absolute Gasteiger partial charge is 0.265 e. The van der Waals surface area contributed by atoms with E-state index in [1.54, 1.807) is 43.3 Å². The number of nitrogens with one attached hydrogen (secondary N) is 1. The number of carbonyl (C=O) groups is 1. The van der Waals surface area contributed by atoms with Crippen LogP contribution in [0.25, 0.3) is 0 Å². The van der Waals surface area contributed by atoms with E-state index in [1.807, 2.05) is 19.1 Å². The molecule has 0 aromatic heterocycles. The van der Waals surface area contributed by atoms with Crippen LogP contribution in [0.1, 0.15) is 18.1 Å². The number of rotatable bonds is 4. The molecule has 0 spiro atoms. The lowest BCUT2D eigenvalue weighted by molar-refractivity contribution is -0.122. The third-order valence-electron chi connectivity index (χ3n) is 3.05. The standard InChI is InChI=1S/C17H15ClN2O2/c1-11-3-8-16(15(18)9-11)20-17(21)12(2)22-14-6-4-13(10-19)5-7-14/h3-9,12H,1-2H3,(H,20,21)/t12-/m1/s1. The van der Waals surface area contributed by atoms with E-state index in [-0.39, 0.29) is 5.91 Å². The SMILES string of the molecule is Cc1ccc(NC(=O)[C@@H](C)Oc2ccc(C#N)cc2)c(Cl)c1. The Morgan fingerprint density at radius 2 is 1.95 bits per heavy atom. The fraction of sp³-hybridized carbons (Fsp3) is 0.176. The van der Waals surface area contributed by atoms with Crippen LogP contribution in [0.4, 0.5) is 5.69 Å². The second kappa shape index (κ2) is 6.97. The van der Waals surface area contributed by atoms with Crippen LogP contribution in [0.15, 0.2) is 42.5 Å². The Balaban J connectivity index is 2.01. The topological polar surface area (TPSA) is 62.1 Å². The molecule has 1 atom stereocenters. The largest absolute Gasteiger partial charge is 0.481 e. The summed E-state index contributed by atoms with van der Waals surface area (Å²) in [5, 5.41) is 12.0. The molecule has 0 radical (unpaired) electrons. The molecule has 0 saturated heterocycles. The lowest BCUT2D eigenvalue weighted by Gasteiger charge is -2.15. The van der Waals surface area contributed by atoms with E-state index in [9.17, 15) is 4.79 Å². The fourth-order valence-corrected chi connectivity index (χ4v) is 2.10. The van der Waals surface area contributed by atoms with Gasteiger partial charge >= 0.3 is 0 Å². The molecule has 1 amide bonds. The summed E-state index contributed by atoms with van der Waals surface area (Å²) < 4.78 is 5.55. The molecule has 0 aliphatic carbocycles. The van der Waals surface area contributed by atoms with Crippen LogP contribution in [0, 0.1) is 18.3 Å². The monoisotopic (exact) mass is 314 g/mol. The number of aryl methyl sites for hydroxylation is 1. The van der Waals surface area contributed by atoms with E-state index in [2.05, 4.69) is 5.32 Å². The number of nitrogens with zero attached hydrogens (tertiary/aromatic N) is 1. The number of ether oxygens (including phenoxy) is 1. The Bertz CT molecular complexity index is 720. The summed E-state index contributed by atoms with van der Waals surface area (Å²) in [6, 6.07) is 14.0. The molecule has 4 nitrogen and oxygen atoms in total. The average molecular weight is 315 g/mol. The highest BCUT2D eigenvalue weighted by Gasteiger charge is 2.16. The number of benzene rings is 2. The van der Waals surface area contributed by atoms with E-state index < -0.39 is 6.10 Å². The van der Waals surface area contributed by atoms with E-state index in [4.69, 9.17) is 21.6 Å². The van der Waals surface area contributed by atoms with Crippen LogP contribution in [0.2, 0.25) is 5.02 Å². The summed E-state index contributed by atoms with van der Waals surface area (Å²) in [5.41, 5.74) is 2.10. The molecule has 1 N–H and O–H groups in total. The van der Waals surface area contributed by atoms with Crippen LogP contribution in [-0.4, -0.2) is 12.0 Å². The Morgan fingerprint density at radius 3 is 2.55 bits per heavy atom. The number of nitriles is 1. The number of hydrogen-bond acceptors (Lipinski definition) is 3. The minimum atomic E-state index is -0.690. The van der Waals surface area contributed by atoms with Crippen molar-refractivity contribution in [2.45, 2.75) is 20.0 Å². The summed E-state index contributed by atoms with van der Waals surface area (Å²) in [6.45, 7) is 3.57. The van der Waals surface area contributed by atoms with Gasteiger partial charge in [0, 0.05) is 0 Å². The molecular weight excluding hydrogens is 300 g/mol. The molecule has 112 valence electrons. The first-order valence-corrected chi connectivity index (χ1v) is 7.11. The number of hydrogen-bond donors (Lipinski definition) is 1. The molecular formula is C17H15ClN2O2. The fourth-order valence-electron chi connectivity index (χ4n) is 1.82. The normalized spacial score (nSPS) is 11.4. The molecule has 0 heterocycles. The second-order valence-corrected chi connectivity index (χ2v) is 5.28. The Kier molecular flexibility index (Phi) is 5.03. The zero-order valence-electron chi connectivity index (χ0n) is 12.3. The zero-order valence-corrected chi connectivity index (χ0v) is 13.0. The van der Waals surface area contributed by atoms with Gasteiger partial charge in [0.25, 0.3) is 5.91 Å². The lowest BCUT2D eigenvalue weighted by Crippen LogP contribution is -2.30. The van der Waals surface area contributed by atoms with E-state index in [0.29, 0.717) is 22.0 Å². The molecule has 22 heavy (non-hydrogen) atoms. The maximum Gasteiger partial charge on any atom is 0.265 e. The maximum absolute atomic E-state index is 12.1. The van der Waals surface area contributed by atoms with Crippen molar-refractivity contribution in [3.8, 4) is 11.8 Å². The highest BCUT2D eigenvalue weighted by atomic mass is 35.5. The zero-order chi connectivity index (χ0) is 16.1.